The SMILES string of the molecule is CC(NC(=O)C=Cc1ccccc1N1CCN(C)CC1)c1ccc(Cl)cc1. The van der Waals surface area contributed by atoms with Gasteiger partial charge in [0.1, 0.15) is 0 Å². The van der Waals surface area contributed by atoms with Crippen LogP contribution in [0, 0.1) is 0 Å². The second kappa shape index (κ2) is 9.07. The fourth-order valence-corrected chi connectivity index (χ4v) is 3.35. The predicted molar refractivity (Wildman–Crippen MR) is 113 cm³/mol. The summed E-state index contributed by atoms with van der Waals surface area (Å²) in [6.07, 6.45) is 3.51. The first-order valence-corrected chi connectivity index (χ1v) is 9.67. The van der Waals surface area contributed by atoms with E-state index < -0.39 is 0 Å². The van der Waals surface area contributed by atoms with Gasteiger partial charge in [0.25, 0.3) is 0 Å². The minimum absolute atomic E-state index is 0.0766. The maximum Gasteiger partial charge on any atom is 0.244 e. The molecule has 0 aromatic heterocycles. The number of halogens is 1. The summed E-state index contributed by atoms with van der Waals surface area (Å²) in [5, 5.41) is 3.69. The van der Waals surface area contributed by atoms with Crippen molar-refractivity contribution in [3.63, 3.8) is 0 Å². The Morgan fingerprint density at radius 1 is 1.07 bits per heavy atom. The van der Waals surface area contributed by atoms with E-state index in [9.17, 15) is 4.79 Å². The molecule has 0 bridgehead atoms. The van der Waals surface area contributed by atoms with E-state index in [1.165, 1.54) is 5.69 Å². The van der Waals surface area contributed by atoms with Crippen molar-refractivity contribution in [1.29, 1.82) is 0 Å². The number of amides is 1. The predicted octanol–water partition coefficient (Wildman–Crippen LogP) is 3.98. The van der Waals surface area contributed by atoms with Gasteiger partial charge in [0.2, 0.25) is 5.91 Å². The van der Waals surface area contributed by atoms with Crippen LogP contribution in [0.4, 0.5) is 5.69 Å². The number of piperazine rings is 1. The number of carbonyl (C=O) groups is 1. The molecule has 1 heterocycles. The molecule has 0 spiro atoms. The van der Waals surface area contributed by atoms with Gasteiger partial charge in [-0.15, -0.1) is 0 Å². The van der Waals surface area contributed by atoms with Crippen molar-refractivity contribution in [2.75, 3.05) is 38.1 Å². The number of nitrogens with zero attached hydrogens (tertiary/aromatic N) is 2. The van der Waals surface area contributed by atoms with Crippen molar-refractivity contribution in [2.45, 2.75) is 13.0 Å². The van der Waals surface area contributed by atoms with E-state index in [0.29, 0.717) is 5.02 Å². The van der Waals surface area contributed by atoms with Crippen LogP contribution in [-0.4, -0.2) is 44.0 Å². The van der Waals surface area contributed by atoms with Crippen molar-refractivity contribution in [2.24, 2.45) is 0 Å². The normalized spacial score (nSPS) is 16.5. The van der Waals surface area contributed by atoms with E-state index in [-0.39, 0.29) is 11.9 Å². The molecule has 2 aromatic carbocycles. The lowest BCUT2D eigenvalue weighted by Gasteiger charge is -2.34. The molecular formula is C22H26ClN3O. The highest BCUT2D eigenvalue weighted by Gasteiger charge is 2.16. The molecule has 1 unspecified atom stereocenters. The van der Waals surface area contributed by atoms with Crippen molar-refractivity contribution in [3.05, 3.63) is 70.8 Å². The Morgan fingerprint density at radius 3 is 2.44 bits per heavy atom. The Kier molecular flexibility index (Phi) is 6.54. The molecule has 2 aromatic rings. The largest absolute Gasteiger partial charge is 0.368 e. The monoisotopic (exact) mass is 383 g/mol. The summed E-state index contributed by atoms with van der Waals surface area (Å²) >= 11 is 5.92. The fourth-order valence-electron chi connectivity index (χ4n) is 3.23. The zero-order chi connectivity index (χ0) is 19.2. The molecular weight excluding hydrogens is 358 g/mol. The molecule has 3 rings (SSSR count). The zero-order valence-electron chi connectivity index (χ0n) is 15.9. The van der Waals surface area contributed by atoms with Crippen LogP contribution in [0.2, 0.25) is 5.02 Å². The lowest BCUT2D eigenvalue weighted by atomic mass is 10.1. The first-order valence-electron chi connectivity index (χ1n) is 9.29. The lowest BCUT2D eigenvalue weighted by molar-refractivity contribution is -0.117. The third-order valence-corrected chi connectivity index (χ3v) is 5.18. The molecule has 5 heteroatoms. The minimum atomic E-state index is -0.106. The van der Waals surface area contributed by atoms with Gasteiger partial charge in [-0.1, -0.05) is 41.9 Å². The summed E-state index contributed by atoms with van der Waals surface area (Å²) in [5.41, 5.74) is 3.27. The highest BCUT2D eigenvalue weighted by Crippen LogP contribution is 2.23. The van der Waals surface area contributed by atoms with Crippen LogP contribution >= 0.6 is 11.6 Å². The Balaban J connectivity index is 1.65. The molecule has 1 aliphatic heterocycles. The summed E-state index contributed by atoms with van der Waals surface area (Å²) in [4.78, 5) is 17.1. The van der Waals surface area contributed by atoms with Crippen LogP contribution < -0.4 is 10.2 Å². The summed E-state index contributed by atoms with van der Waals surface area (Å²) < 4.78 is 0. The van der Waals surface area contributed by atoms with Crippen molar-refractivity contribution < 1.29 is 4.79 Å². The fraction of sp³-hybridized carbons (Fsp3) is 0.318. The summed E-state index contributed by atoms with van der Waals surface area (Å²) in [7, 11) is 2.15. The third kappa shape index (κ3) is 5.34. The maximum atomic E-state index is 12.4. The number of hydrogen-bond donors (Lipinski definition) is 1. The van der Waals surface area contributed by atoms with Gasteiger partial charge in [-0.05, 0) is 49.4 Å². The van der Waals surface area contributed by atoms with Crippen LogP contribution in [0.15, 0.2) is 54.6 Å². The molecule has 1 atom stereocenters. The number of nitrogens with one attached hydrogen (secondary N) is 1. The van der Waals surface area contributed by atoms with E-state index in [1.807, 2.05) is 49.4 Å². The molecule has 0 aliphatic carbocycles. The van der Waals surface area contributed by atoms with Gasteiger partial charge in [-0.2, -0.15) is 0 Å². The van der Waals surface area contributed by atoms with Crippen molar-refractivity contribution in [3.8, 4) is 0 Å². The van der Waals surface area contributed by atoms with Gasteiger partial charge in [0.05, 0.1) is 6.04 Å². The number of anilines is 1. The molecule has 1 amide bonds. The average Bonchev–Trinajstić information content (AvgIpc) is 2.68. The van der Waals surface area contributed by atoms with Gasteiger partial charge < -0.3 is 15.1 Å². The van der Waals surface area contributed by atoms with E-state index in [0.717, 1.165) is 37.3 Å². The topological polar surface area (TPSA) is 35.6 Å². The summed E-state index contributed by atoms with van der Waals surface area (Å²) in [5.74, 6) is -0.106. The quantitative estimate of drug-likeness (QED) is 0.793. The Morgan fingerprint density at radius 2 is 1.74 bits per heavy atom. The van der Waals surface area contributed by atoms with Gasteiger partial charge in [0.15, 0.2) is 0 Å². The average molecular weight is 384 g/mol. The highest BCUT2D eigenvalue weighted by atomic mass is 35.5. The van der Waals surface area contributed by atoms with Crippen LogP contribution in [0.1, 0.15) is 24.1 Å². The Hall–Kier alpha value is -2.30. The van der Waals surface area contributed by atoms with E-state index in [1.54, 1.807) is 6.08 Å². The first kappa shape index (κ1) is 19.5. The summed E-state index contributed by atoms with van der Waals surface area (Å²) in [6, 6.07) is 15.7. The van der Waals surface area contributed by atoms with Gasteiger partial charge in [-0.3, -0.25) is 4.79 Å². The highest BCUT2D eigenvalue weighted by molar-refractivity contribution is 6.30. The number of likely N-dealkylation sites (N-methyl/N-ethyl adjacent to an activating group) is 1. The summed E-state index contributed by atoms with van der Waals surface area (Å²) in [6.45, 7) is 6.07. The molecule has 0 saturated carbocycles. The van der Waals surface area contributed by atoms with Crippen molar-refractivity contribution in [1.82, 2.24) is 10.2 Å². The first-order chi connectivity index (χ1) is 13.0. The van der Waals surface area contributed by atoms with E-state index >= 15 is 0 Å². The van der Waals surface area contributed by atoms with Crippen molar-refractivity contribution >= 4 is 29.3 Å². The number of benzene rings is 2. The van der Waals surface area contributed by atoms with Crippen LogP contribution in [0.5, 0.6) is 0 Å². The number of carbonyl (C=O) groups excluding carboxylic acids is 1. The minimum Gasteiger partial charge on any atom is -0.368 e. The zero-order valence-corrected chi connectivity index (χ0v) is 16.6. The number of para-hydroxylation sites is 1. The van der Waals surface area contributed by atoms with Gasteiger partial charge in [0, 0.05) is 43.0 Å². The van der Waals surface area contributed by atoms with Crippen LogP contribution in [0.25, 0.3) is 6.08 Å². The second-order valence-corrected chi connectivity index (χ2v) is 7.40. The Labute approximate surface area is 166 Å². The molecule has 27 heavy (non-hydrogen) atoms. The molecule has 142 valence electrons. The second-order valence-electron chi connectivity index (χ2n) is 6.96. The van der Waals surface area contributed by atoms with E-state index in [4.69, 9.17) is 11.6 Å². The lowest BCUT2D eigenvalue weighted by Crippen LogP contribution is -2.44. The molecule has 4 nitrogen and oxygen atoms in total. The Bertz CT molecular complexity index is 795. The van der Waals surface area contributed by atoms with Crippen LogP contribution in [0.3, 0.4) is 0 Å². The third-order valence-electron chi connectivity index (χ3n) is 4.92. The molecule has 1 N–H and O–H groups in total. The maximum absolute atomic E-state index is 12.4. The van der Waals surface area contributed by atoms with E-state index in [2.05, 4.69) is 34.3 Å². The molecule has 1 fully saturated rings. The molecule has 0 radical (unpaired) electrons. The van der Waals surface area contributed by atoms with Crippen LogP contribution in [-0.2, 0) is 4.79 Å². The number of rotatable bonds is 5. The van der Waals surface area contributed by atoms with Gasteiger partial charge in [-0.25, -0.2) is 0 Å². The smallest absolute Gasteiger partial charge is 0.244 e. The standard InChI is InChI=1S/C22H26ClN3O/c1-17(18-7-10-20(23)11-8-18)24-22(27)12-9-19-5-3-4-6-21(19)26-15-13-25(2)14-16-26/h3-12,17H,13-16H2,1-2H3,(H,24,27). The molecule has 1 saturated heterocycles. The van der Waals surface area contributed by atoms with Gasteiger partial charge >= 0.3 is 0 Å². The molecule has 1 aliphatic rings. The number of hydrogen-bond acceptors (Lipinski definition) is 3.